The number of hydrogen-bond donors (Lipinski definition) is 3. The van der Waals surface area contributed by atoms with Crippen LogP contribution in [0.1, 0.15) is 18.5 Å². The van der Waals surface area contributed by atoms with Crippen molar-refractivity contribution in [1.82, 2.24) is 10.6 Å². The lowest BCUT2D eigenvalue weighted by molar-refractivity contribution is -0.120. The van der Waals surface area contributed by atoms with Crippen LogP contribution in [0.3, 0.4) is 0 Å². The van der Waals surface area contributed by atoms with Crippen LogP contribution in [0.2, 0.25) is 0 Å². The molecular weight excluding hydrogens is 334 g/mol. The Morgan fingerprint density at radius 3 is 2.31 bits per heavy atom. The van der Waals surface area contributed by atoms with Crippen LogP contribution < -0.4 is 25.4 Å². The second-order valence-corrected chi connectivity index (χ2v) is 5.41. The average Bonchev–Trinajstić information content (AvgIpc) is 2.66. The molecule has 2 aromatic carbocycles. The highest BCUT2D eigenvalue weighted by Gasteiger charge is 2.22. The van der Waals surface area contributed by atoms with Gasteiger partial charge in [-0.1, -0.05) is 30.3 Å². The number of rotatable bonds is 7. The van der Waals surface area contributed by atoms with E-state index < -0.39 is 18.0 Å². The van der Waals surface area contributed by atoms with Crippen molar-refractivity contribution in [2.24, 2.45) is 0 Å². The fraction of sp³-hybridized carbons (Fsp3) is 0.263. The van der Waals surface area contributed by atoms with Crippen molar-refractivity contribution in [3.8, 4) is 11.5 Å². The first-order valence-corrected chi connectivity index (χ1v) is 8.21. The Hall–Kier alpha value is -3.22. The number of carbonyl (C=O) groups is 2. The standard InChI is InChI=1S/C19H23N3O4/c1-4-20-19(24)22-18(23)17(13-8-6-5-7-9-13)21-14-10-11-15(25-2)16(12-14)26-3/h5-12,17,21H,4H2,1-3H3,(H2,20,22,23,24)/t17-/m1/s1. The molecule has 2 aromatic rings. The molecule has 0 bridgehead atoms. The third-order valence-electron chi connectivity index (χ3n) is 3.66. The van der Waals surface area contributed by atoms with Crippen LogP contribution in [0.5, 0.6) is 11.5 Å². The van der Waals surface area contributed by atoms with E-state index in [9.17, 15) is 9.59 Å². The number of hydrogen-bond acceptors (Lipinski definition) is 5. The van der Waals surface area contributed by atoms with Gasteiger partial charge in [0.1, 0.15) is 6.04 Å². The van der Waals surface area contributed by atoms with Crippen LogP contribution in [0.25, 0.3) is 0 Å². The van der Waals surface area contributed by atoms with E-state index >= 15 is 0 Å². The van der Waals surface area contributed by atoms with E-state index in [0.29, 0.717) is 23.7 Å². The summed E-state index contributed by atoms with van der Waals surface area (Å²) in [4.78, 5) is 24.3. The van der Waals surface area contributed by atoms with E-state index in [-0.39, 0.29) is 0 Å². The summed E-state index contributed by atoms with van der Waals surface area (Å²) in [6, 6.07) is 13.1. The van der Waals surface area contributed by atoms with E-state index in [0.717, 1.165) is 5.56 Å². The summed E-state index contributed by atoms with van der Waals surface area (Å²) in [5.41, 5.74) is 1.38. The quantitative estimate of drug-likeness (QED) is 0.709. The Bertz CT molecular complexity index is 750. The van der Waals surface area contributed by atoms with Crippen molar-refractivity contribution in [3.63, 3.8) is 0 Å². The molecule has 0 aliphatic rings. The first kappa shape index (κ1) is 19.1. The van der Waals surface area contributed by atoms with Gasteiger partial charge in [-0.15, -0.1) is 0 Å². The van der Waals surface area contributed by atoms with E-state index in [2.05, 4.69) is 16.0 Å². The lowest BCUT2D eigenvalue weighted by Gasteiger charge is -2.20. The highest BCUT2D eigenvalue weighted by molar-refractivity contribution is 5.98. The van der Waals surface area contributed by atoms with Gasteiger partial charge in [-0.2, -0.15) is 0 Å². The summed E-state index contributed by atoms with van der Waals surface area (Å²) in [5, 5.41) is 8.03. The Balaban J connectivity index is 2.27. The number of carbonyl (C=O) groups excluding carboxylic acids is 2. The Labute approximate surface area is 152 Å². The second kappa shape index (κ2) is 9.31. The molecule has 0 saturated carbocycles. The fourth-order valence-corrected chi connectivity index (χ4v) is 2.43. The van der Waals surface area contributed by atoms with E-state index in [4.69, 9.17) is 9.47 Å². The number of benzene rings is 2. The molecule has 0 aromatic heterocycles. The van der Waals surface area contributed by atoms with Gasteiger partial charge in [0.15, 0.2) is 11.5 Å². The van der Waals surface area contributed by atoms with Gasteiger partial charge in [-0.05, 0) is 24.6 Å². The third-order valence-corrected chi connectivity index (χ3v) is 3.66. The number of anilines is 1. The minimum absolute atomic E-state index is 0.429. The Morgan fingerprint density at radius 1 is 1.00 bits per heavy atom. The van der Waals surface area contributed by atoms with Crippen molar-refractivity contribution in [1.29, 1.82) is 0 Å². The first-order valence-electron chi connectivity index (χ1n) is 8.21. The van der Waals surface area contributed by atoms with Gasteiger partial charge in [0.2, 0.25) is 0 Å². The molecule has 2 rings (SSSR count). The summed E-state index contributed by atoms with van der Waals surface area (Å²) in [6.07, 6.45) is 0. The number of amides is 3. The SMILES string of the molecule is CCNC(=O)NC(=O)[C@H](Nc1ccc(OC)c(OC)c1)c1ccccc1. The van der Waals surface area contributed by atoms with Crippen LogP contribution in [0.15, 0.2) is 48.5 Å². The molecular formula is C19H23N3O4. The summed E-state index contributed by atoms with van der Waals surface area (Å²) in [6.45, 7) is 2.21. The van der Waals surface area contributed by atoms with Crippen molar-refractivity contribution in [2.75, 3.05) is 26.1 Å². The Kier molecular flexibility index (Phi) is 6.84. The van der Waals surface area contributed by atoms with Gasteiger partial charge in [-0.25, -0.2) is 4.79 Å². The van der Waals surface area contributed by atoms with Crippen LogP contribution in [0.4, 0.5) is 10.5 Å². The maximum Gasteiger partial charge on any atom is 0.321 e. The summed E-state index contributed by atoms with van der Waals surface area (Å²) < 4.78 is 10.5. The highest BCUT2D eigenvalue weighted by Crippen LogP contribution is 2.31. The van der Waals surface area contributed by atoms with Crippen molar-refractivity contribution < 1.29 is 19.1 Å². The van der Waals surface area contributed by atoms with Gasteiger partial charge in [-0.3, -0.25) is 10.1 Å². The predicted octanol–water partition coefficient (Wildman–Crippen LogP) is 2.70. The molecule has 26 heavy (non-hydrogen) atoms. The summed E-state index contributed by atoms with van der Waals surface area (Å²) >= 11 is 0. The predicted molar refractivity (Wildman–Crippen MR) is 99.6 cm³/mol. The molecule has 0 unspecified atom stereocenters. The van der Waals surface area contributed by atoms with Gasteiger partial charge >= 0.3 is 6.03 Å². The molecule has 3 N–H and O–H groups in total. The lowest BCUT2D eigenvalue weighted by Crippen LogP contribution is -2.43. The van der Waals surface area contributed by atoms with E-state index in [1.54, 1.807) is 32.2 Å². The lowest BCUT2D eigenvalue weighted by atomic mass is 10.1. The van der Waals surface area contributed by atoms with Crippen molar-refractivity contribution >= 4 is 17.6 Å². The minimum atomic E-state index is -0.753. The molecule has 0 fully saturated rings. The zero-order chi connectivity index (χ0) is 18.9. The highest BCUT2D eigenvalue weighted by atomic mass is 16.5. The molecule has 0 saturated heterocycles. The number of nitrogens with one attached hydrogen (secondary N) is 3. The summed E-state index contributed by atoms with van der Waals surface area (Å²) in [5.74, 6) is 0.659. The second-order valence-electron chi connectivity index (χ2n) is 5.41. The van der Waals surface area contributed by atoms with Gasteiger partial charge in [0.05, 0.1) is 14.2 Å². The van der Waals surface area contributed by atoms with Crippen LogP contribution in [0, 0.1) is 0 Å². The topological polar surface area (TPSA) is 88.7 Å². The fourth-order valence-electron chi connectivity index (χ4n) is 2.43. The van der Waals surface area contributed by atoms with Gasteiger partial charge in [0, 0.05) is 18.3 Å². The molecule has 7 heteroatoms. The number of urea groups is 1. The first-order chi connectivity index (χ1) is 12.6. The molecule has 3 amide bonds. The molecule has 1 atom stereocenters. The average molecular weight is 357 g/mol. The molecule has 0 heterocycles. The number of ether oxygens (including phenoxy) is 2. The molecule has 0 aliphatic heterocycles. The van der Waals surface area contributed by atoms with Gasteiger partial charge < -0.3 is 20.1 Å². The van der Waals surface area contributed by atoms with Crippen molar-refractivity contribution in [3.05, 3.63) is 54.1 Å². The third kappa shape index (κ3) is 4.89. The monoisotopic (exact) mass is 357 g/mol. The van der Waals surface area contributed by atoms with Crippen LogP contribution in [-0.2, 0) is 4.79 Å². The number of methoxy groups -OCH3 is 2. The van der Waals surface area contributed by atoms with Crippen molar-refractivity contribution in [2.45, 2.75) is 13.0 Å². The summed E-state index contributed by atoms with van der Waals surface area (Å²) in [7, 11) is 3.09. The number of imide groups is 1. The van der Waals surface area contributed by atoms with Gasteiger partial charge in [0.25, 0.3) is 5.91 Å². The largest absolute Gasteiger partial charge is 0.493 e. The smallest absolute Gasteiger partial charge is 0.321 e. The Morgan fingerprint density at radius 2 is 1.69 bits per heavy atom. The molecule has 0 radical (unpaired) electrons. The van der Waals surface area contributed by atoms with E-state index in [1.165, 1.54) is 7.11 Å². The normalized spacial score (nSPS) is 11.2. The van der Waals surface area contributed by atoms with Crippen LogP contribution in [-0.4, -0.2) is 32.7 Å². The maximum absolute atomic E-state index is 12.6. The molecule has 138 valence electrons. The molecule has 7 nitrogen and oxygen atoms in total. The minimum Gasteiger partial charge on any atom is -0.493 e. The molecule has 0 spiro atoms. The zero-order valence-corrected chi connectivity index (χ0v) is 15.0. The maximum atomic E-state index is 12.6. The molecule has 0 aliphatic carbocycles. The zero-order valence-electron chi connectivity index (χ0n) is 15.0. The van der Waals surface area contributed by atoms with E-state index in [1.807, 2.05) is 30.3 Å². The van der Waals surface area contributed by atoms with Crippen LogP contribution >= 0.6 is 0 Å².